The summed E-state index contributed by atoms with van der Waals surface area (Å²) in [6.45, 7) is 0. The summed E-state index contributed by atoms with van der Waals surface area (Å²) in [4.78, 5) is 5.34. The summed E-state index contributed by atoms with van der Waals surface area (Å²) in [6, 6.07) is 2.07. The van der Waals surface area contributed by atoms with Gasteiger partial charge in [0, 0.05) is 12.4 Å². The zero-order valence-corrected chi connectivity index (χ0v) is 10.1. The lowest BCUT2D eigenvalue weighted by molar-refractivity contribution is 0.310. The molecule has 3 nitrogen and oxygen atoms in total. The summed E-state index contributed by atoms with van der Waals surface area (Å²) in [5.41, 5.74) is 1.23. The van der Waals surface area contributed by atoms with Crippen LogP contribution in [0.5, 0.6) is 0 Å². The van der Waals surface area contributed by atoms with Gasteiger partial charge in [0.15, 0.2) is 0 Å². The van der Waals surface area contributed by atoms with Crippen LogP contribution in [-0.4, -0.2) is 11.1 Å². The van der Waals surface area contributed by atoms with Crippen molar-refractivity contribution >= 4 is 17.6 Å². The van der Waals surface area contributed by atoms with E-state index in [2.05, 4.69) is 21.1 Å². The van der Waals surface area contributed by atoms with Gasteiger partial charge in [0.2, 0.25) is 0 Å². The first kappa shape index (κ1) is 10.4. The average molecular weight is 235 g/mol. The molecule has 0 aromatic carbocycles. The lowest BCUT2D eigenvalue weighted by Gasteiger charge is -2.35. The molecule has 1 fully saturated rings. The van der Waals surface area contributed by atoms with Crippen molar-refractivity contribution in [1.29, 1.82) is 0 Å². The predicted molar refractivity (Wildman–Crippen MR) is 67.2 cm³/mol. The quantitative estimate of drug-likeness (QED) is 0.734. The molecule has 0 bridgehead atoms. The zero-order valence-electron chi connectivity index (χ0n) is 9.28. The molecule has 86 valence electrons. The second-order valence-electron chi connectivity index (χ2n) is 4.61. The van der Waals surface area contributed by atoms with Crippen LogP contribution in [0.4, 0.5) is 5.69 Å². The summed E-state index contributed by atoms with van der Waals surface area (Å²) in [6.07, 6.45) is 11.1. The Morgan fingerprint density at radius 2 is 2.12 bits per heavy atom. The summed E-state index contributed by atoms with van der Waals surface area (Å²) < 4.78 is 3.51. The largest absolute Gasteiger partial charge is 0.368 e. The number of anilines is 1. The minimum absolute atomic E-state index is 0.431. The fourth-order valence-corrected chi connectivity index (χ4v) is 3.44. The monoisotopic (exact) mass is 235 g/mol. The third-order valence-corrected chi connectivity index (χ3v) is 4.43. The van der Waals surface area contributed by atoms with Gasteiger partial charge in [0.1, 0.15) is 0 Å². The highest BCUT2D eigenvalue weighted by Gasteiger charge is 2.26. The van der Waals surface area contributed by atoms with Gasteiger partial charge in [-0.2, -0.15) is 0 Å². The Kier molecular flexibility index (Phi) is 3.02. The second kappa shape index (κ2) is 4.63. The van der Waals surface area contributed by atoms with Gasteiger partial charge in [-0.15, -0.1) is 0 Å². The van der Waals surface area contributed by atoms with Crippen molar-refractivity contribution in [3.05, 3.63) is 18.5 Å². The topological polar surface area (TPSA) is 37.0 Å². The van der Waals surface area contributed by atoms with Crippen molar-refractivity contribution in [1.82, 2.24) is 9.71 Å². The highest BCUT2D eigenvalue weighted by molar-refractivity contribution is 7.97. The highest BCUT2D eigenvalue weighted by Crippen LogP contribution is 2.34. The van der Waals surface area contributed by atoms with E-state index in [1.54, 1.807) is 11.9 Å². The van der Waals surface area contributed by atoms with Gasteiger partial charge in [-0.25, -0.2) is 4.72 Å². The van der Waals surface area contributed by atoms with E-state index in [-0.39, 0.29) is 0 Å². The Hall–Kier alpha value is -0.740. The van der Waals surface area contributed by atoms with E-state index >= 15 is 0 Å². The van der Waals surface area contributed by atoms with Crippen LogP contribution in [0.2, 0.25) is 0 Å². The Balaban J connectivity index is 1.72. The number of pyridine rings is 1. The Morgan fingerprint density at radius 3 is 3.00 bits per heavy atom. The molecule has 1 aromatic heterocycles. The minimum Gasteiger partial charge on any atom is -0.368 e. The first-order valence-electron chi connectivity index (χ1n) is 6.06. The summed E-state index contributed by atoms with van der Waals surface area (Å²) in [5, 5.41) is 3.59. The minimum atomic E-state index is 0.431. The van der Waals surface area contributed by atoms with Crippen LogP contribution in [0.1, 0.15) is 32.1 Å². The number of rotatable bonds is 1. The van der Waals surface area contributed by atoms with Crippen LogP contribution in [0.15, 0.2) is 23.4 Å². The molecule has 0 spiro atoms. The number of fused-ring (bicyclic) bond motifs is 1. The molecular weight excluding hydrogens is 218 g/mol. The molecule has 16 heavy (non-hydrogen) atoms. The highest BCUT2D eigenvalue weighted by atomic mass is 32.2. The van der Waals surface area contributed by atoms with Gasteiger partial charge in [-0.3, -0.25) is 4.98 Å². The molecule has 1 saturated carbocycles. The van der Waals surface area contributed by atoms with Crippen molar-refractivity contribution in [3.8, 4) is 0 Å². The Morgan fingerprint density at radius 1 is 1.25 bits per heavy atom. The maximum Gasteiger partial charge on any atom is 0.0891 e. The van der Waals surface area contributed by atoms with Crippen LogP contribution < -0.4 is 10.0 Å². The molecular formula is C12H17N3S. The third kappa shape index (κ3) is 2.04. The van der Waals surface area contributed by atoms with Gasteiger partial charge in [-0.1, -0.05) is 19.3 Å². The van der Waals surface area contributed by atoms with Crippen molar-refractivity contribution in [2.75, 3.05) is 5.32 Å². The first-order valence-corrected chi connectivity index (χ1v) is 6.88. The molecule has 1 aliphatic heterocycles. The summed E-state index contributed by atoms with van der Waals surface area (Å²) in [5.74, 6) is 0.780. The number of hydrogen-bond acceptors (Lipinski definition) is 4. The normalized spacial score (nSPS) is 25.9. The molecule has 2 aliphatic rings. The lowest BCUT2D eigenvalue weighted by atomic mass is 9.87. The first-order chi connectivity index (χ1) is 7.93. The van der Waals surface area contributed by atoms with E-state index < -0.39 is 0 Å². The molecule has 0 saturated heterocycles. The van der Waals surface area contributed by atoms with Crippen LogP contribution in [0.3, 0.4) is 0 Å². The smallest absolute Gasteiger partial charge is 0.0891 e. The van der Waals surface area contributed by atoms with Crippen LogP contribution in [-0.2, 0) is 0 Å². The SMILES string of the molecule is c1cc2c(cn1)SNC(C1CCCCC1)N2. The van der Waals surface area contributed by atoms with E-state index in [1.165, 1.54) is 42.7 Å². The molecule has 3 rings (SSSR count). The molecule has 4 heteroatoms. The second-order valence-corrected chi connectivity index (χ2v) is 5.49. The van der Waals surface area contributed by atoms with Crippen LogP contribution in [0, 0.1) is 5.92 Å². The molecule has 0 amide bonds. The Bertz CT molecular complexity index is 363. The standard InChI is InChI=1S/C12H17N3S/c1-2-4-9(5-3-1)12-14-10-6-7-13-8-11(10)16-15-12/h6-9,12,14-15H,1-5H2. The fourth-order valence-electron chi connectivity index (χ4n) is 2.59. The maximum atomic E-state index is 4.13. The Labute approximate surface area is 101 Å². The van der Waals surface area contributed by atoms with Gasteiger partial charge in [0.05, 0.1) is 16.7 Å². The van der Waals surface area contributed by atoms with Crippen LogP contribution >= 0.6 is 11.9 Å². The molecule has 1 unspecified atom stereocenters. The lowest BCUT2D eigenvalue weighted by Crippen LogP contribution is -2.42. The van der Waals surface area contributed by atoms with Crippen LogP contribution in [0.25, 0.3) is 0 Å². The van der Waals surface area contributed by atoms with E-state index in [9.17, 15) is 0 Å². The van der Waals surface area contributed by atoms with Gasteiger partial charge in [0.25, 0.3) is 0 Å². The third-order valence-electron chi connectivity index (χ3n) is 3.51. The van der Waals surface area contributed by atoms with Crippen molar-refractivity contribution in [2.24, 2.45) is 5.92 Å². The van der Waals surface area contributed by atoms with Crippen molar-refractivity contribution in [3.63, 3.8) is 0 Å². The van der Waals surface area contributed by atoms with E-state index in [4.69, 9.17) is 0 Å². The van der Waals surface area contributed by atoms with Crippen molar-refractivity contribution < 1.29 is 0 Å². The number of hydrogen-bond donors (Lipinski definition) is 2. The summed E-state index contributed by atoms with van der Waals surface area (Å²) >= 11 is 1.72. The number of nitrogens with zero attached hydrogens (tertiary/aromatic N) is 1. The molecule has 1 aliphatic carbocycles. The van der Waals surface area contributed by atoms with Gasteiger partial charge >= 0.3 is 0 Å². The molecule has 1 atom stereocenters. The molecule has 2 heterocycles. The molecule has 2 N–H and O–H groups in total. The molecule has 0 radical (unpaired) electrons. The van der Waals surface area contributed by atoms with E-state index in [0.29, 0.717) is 6.17 Å². The molecule has 1 aromatic rings. The summed E-state index contributed by atoms with van der Waals surface area (Å²) in [7, 11) is 0. The number of nitrogens with one attached hydrogen (secondary N) is 2. The van der Waals surface area contributed by atoms with Crippen molar-refractivity contribution in [2.45, 2.75) is 43.2 Å². The predicted octanol–water partition coefficient (Wildman–Crippen LogP) is 3.01. The van der Waals surface area contributed by atoms with Gasteiger partial charge < -0.3 is 5.32 Å². The average Bonchev–Trinajstić information content (AvgIpc) is 2.39. The fraction of sp³-hybridized carbons (Fsp3) is 0.583. The van der Waals surface area contributed by atoms with E-state index in [1.807, 2.05) is 12.4 Å². The number of aromatic nitrogens is 1. The van der Waals surface area contributed by atoms with Gasteiger partial charge in [-0.05, 0) is 36.8 Å². The van der Waals surface area contributed by atoms with E-state index in [0.717, 1.165) is 5.92 Å². The zero-order chi connectivity index (χ0) is 10.8. The maximum absolute atomic E-state index is 4.13.